The van der Waals surface area contributed by atoms with E-state index in [1.54, 1.807) is 43.4 Å². The Balaban J connectivity index is 1.80. The predicted octanol–water partition coefficient (Wildman–Crippen LogP) is 2.49. The van der Waals surface area contributed by atoms with Crippen LogP contribution in [0.1, 0.15) is 5.56 Å². The molecule has 0 aliphatic heterocycles. The van der Waals surface area contributed by atoms with Crippen molar-refractivity contribution in [2.75, 3.05) is 0 Å². The fourth-order valence-corrected chi connectivity index (χ4v) is 2.04. The van der Waals surface area contributed by atoms with Crippen LogP contribution in [-0.4, -0.2) is 14.8 Å². The smallest absolute Gasteiger partial charge is 0.343 e. The molecule has 1 aromatic heterocycles. The number of aryl methyl sites for hydroxylation is 1. The molecule has 0 aliphatic carbocycles. The summed E-state index contributed by atoms with van der Waals surface area (Å²) in [5, 5.41) is 4.09. The van der Waals surface area contributed by atoms with Gasteiger partial charge in [0.1, 0.15) is 18.2 Å². The molecule has 0 bridgehead atoms. The lowest BCUT2D eigenvalue weighted by molar-refractivity contribution is 0.300. The molecule has 3 rings (SSSR count). The molecule has 22 heavy (non-hydrogen) atoms. The lowest BCUT2D eigenvalue weighted by Crippen LogP contribution is -2.13. The van der Waals surface area contributed by atoms with Gasteiger partial charge >= 0.3 is 5.69 Å². The quantitative estimate of drug-likeness (QED) is 0.805. The van der Waals surface area contributed by atoms with E-state index in [1.165, 1.54) is 10.7 Å². The molecule has 1 N–H and O–H groups in total. The molecule has 2 aromatic carbocycles. The Hall–Kier alpha value is -2.89. The number of nitrogens with one attached hydrogen (secondary N) is 1. The SMILES string of the molecule is Cn1nc(-c2cccc(OCc3ccccc3F)c2)[nH]c1=O. The van der Waals surface area contributed by atoms with Gasteiger partial charge in [0, 0.05) is 18.2 Å². The van der Waals surface area contributed by atoms with Gasteiger partial charge in [-0.2, -0.15) is 5.10 Å². The number of benzene rings is 2. The van der Waals surface area contributed by atoms with Crippen LogP contribution in [0.4, 0.5) is 4.39 Å². The fraction of sp³-hybridized carbons (Fsp3) is 0.125. The molecule has 0 spiro atoms. The third-order valence-corrected chi connectivity index (χ3v) is 3.23. The Morgan fingerprint density at radius 1 is 1.23 bits per heavy atom. The van der Waals surface area contributed by atoms with Crippen molar-refractivity contribution in [3.63, 3.8) is 0 Å². The minimum atomic E-state index is -0.298. The molecular weight excluding hydrogens is 285 g/mol. The van der Waals surface area contributed by atoms with Crippen molar-refractivity contribution in [2.24, 2.45) is 7.05 Å². The topological polar surface area (TPSA) is 59.9 Å². The number of aromatic nitrogens is 3. The van der Waals surface area contributed by atoms with Gasteiger partial charge in [0.05, 0.1) is 0 Å². The molecule has 112 valence electrons. The van der Waals surface area contributed by atoms with Crippen molar-refractivity contribution in [3.05, 3.63) is 70.4 Å². The average Bonchev–Trinajstić information content (AvgIpc) is 2.86. The normalized spacial score (nSPS) is 10.6. The summed E-state index contributed by atoms with van der Waals surface area (Å²) in [4.78, 5) is 14.1. The summed E-state index contributed by atoms with van der Waals surface area (Å²) in [5.41, 5.74) is 0.926. The molecule has 0 aliphatic rings. The molecule has 0 unspecified atom stereocenters. The van der Waals surface area contributed by atoms with Crippen molar-refractivity contribution in [1.29, 1.82) is 0 Å². The zero-order valence-electron chi connectivity index (χ0n) is 11.9. The van der Waals surface area contributed by atoms with Crippen LogP contribution >= 0.6 is 0 Å². The maximum absolute atomic E-state index is 13.6. The van der Waals surface area contributed by atoms with E-state index in [0.29, 0.717) is 17.1 Å². The highest BCUT2D eigenvalue weighted by molar-refractivity contribution is 5.56. The van der Waals surface area contributed by atoms with Gasteiger partial charge < -0.3 is 4.74 Å². The first-order chi connectivity index (χ1) is 10.6. The Morgan fingerprint density at radius 3 is 2.77 bits per heavy atom. The van der Waals surface area contributed by atoms with Crippen LogP contribution in [0.3, 0.4) is 0 Å². The standard InChI is InChI=1S/C16H14FN3O2/c1-20-16(21)18-15(19-20)11-6-4-7-13(9-11)22-10-12-5-2-3-8-14(12)17/h2-9H,10H2,1H3,(H,18,19,21). The minimum absolute atomic E-state index is 0.134. The average molecular weight is 299 g/mol. The zero-order chi connectivity index (χ0) is 15.5. The van der Waals surface area contributed by atoms with E-state index in [1.807, 2.05) is 6.07 Å². The summed E-state index contributed by atoms with van der Waals surface area (Å²) in [7, 11) is 1.57. The number of nitrogens with zero attached hydrogens (tertiary/aromatic N) is 2. The lowest BCUT2D eigenvalue weighted by Gasteiger charge is -2.08. The van der Waals surface area contributed by atoms with Crippen LogP contribution in [0, 0.1) is 5.82 Å². The van der Waals surface area contributed by atoms with E-state index in [-0.39, 0.29) is 18.1 Å². The molecule has 0 amide bonds. The third kappa shape index (κ3) is 2.90. The van der Waals surface area contributed by atoms with Gasteiger partial charge in [-0.3, -0.25) is 4.98 Å². The van der Waals surface area contributed by atoms with Crippen molar-refractivity contribution in [2.45, 2.75) is 6.61 Å². The van der Waals surface area contributed by atoms with Crippen molar-refractivity contribution < 1.29 is 9.13 Å². The first-order valence-corrected chi connectivity index (χ1v) is 6.73. The van der Waals surface area contributed by atoms with Gasteiger partial charge in [-0.1, -0.05) is 30.3 Å². The van der Waals surface area contributed by atoms with Gasteiger partial charge in [-0.15, -0.1) is 0 Å². The van der Waals surface area contributed by atoms with E-state index >= 15 is 0 Å². The highest BCUT2D eigenvalue weighted by Crippen LogP contribution is 2.21. The molecule has 5 nitrogen and oxygen atoms in total. The lowest BCUT2D eigenvalue weighted by atomic mass is 10.2. The van der Waals surface area contributed by atoms with E-state index < -0.39 is 0 Å². The Kier molecular flexibility index (Phi) is 3.74. The van der Waals surface area contributed by atoms with Gasteiger partial charge in [-0.25, -0.2) is 13.9 Å². The van der Waals surface area contributed by atoms with E-state index in [0.717, 1.165) is 5.56 Å². The van der Waals surface area contributed by atoms with Crippen LogP contribution in [0.5, 0.6) is 5.75 Å². The molecular formula is C16H14FN3O2. The third-order valence-electron chi connectivity index (χ3n) is 3.23. The van der Waals surface area contributed by atoms with E-state index in [9.17, 15) is 9.18 Å². The summed E-state index contributed by atoms with van der Waals surface area (Å²) in [6.07, 6.45) is 0. The van der Waals surface area contributed by atoms with Crippen molar-refractivity contribution in [1.82, 2.24) is 14.8 Å². The van der Waals surface area contributed by atoms with Crippen LogP contribution in [0.25, 0.3) is 11.4 Å². The summed E-state index contributed by atoms with van der Waals surface area (Å²) in [6.45, 7) is 0.134. The number of halogens is 1. The second-order valence-corrected chi connectivity index (χ2v) is 4.81. The summed E-state index contributed by atoms with van der Waals surface area (Å²) in [5.74, 6) is 0.740. The molecule has 1 heterocycles. The van der Waals surface area contributed by atoms with Crippen LogP contribution < -0.4 is 10.4 Å². The summed E-state index contributed by atoms with van der Waals surface area (Å²) >= 11 is 0. The van der Waals surface area contributed by atoms with Crippen LogP contribution in [0.2, 0.25) is 0 Å². The number of ether oxygens (including phenoxy) is 1. The first-order valence-electron chi connectivity index (χ1n) is 6.73. The van der Waals surface area contributed by atoms with Crippen molar-refractivity contribution >= 4 is 0 Å². The number of hydrogen-bond donors (Lipinski definition) is 1. The maximum Gasteiger partial charge on any atom is 0.343 e. The number of H-pyrrole nitrogens is 1. The van der Waals surface area contributed by atoms with Gasteiger partial charge in [0.2, 0.25) is 0 Å². The molecule has 0 radical (unpaired) electrons. The summed E-state index contributed by atoms with van der Waals surface area (Å²) in [6, 6.07) is 13.6. The molecule has 0 atom stereocenters. The molecule has 6 heteroatoms. The number of hydrogen-bond acceptors (Lipinski definition) is 3. The highest BCUT2D eigenvalue weighted by Gasteiger charge is 2.07. The van der Waals surface area contributed by atoms with Crippen LogP contribution in [0.15, 0.2) is 53.3 Å². The van der Waals surface area contributed by atoms with Crippen LogP contribution in [-0.2, 0) is 13.7 Å². The van der Waals surface area contributed by atoms with Gasteiger partial charge in [0.25, 0.3) is 0 Å². The first kappa shape index (κ1) is 14.1. The van der Waals surface area contributed by atoms with E-state index in [2.05, 4.69) is 10.1 Å². The van der Waals surface area contributed by atoms with Gasteiger partial charge in [-0.05, 0) is 18.2 Å². The second-order valence-electron chi connectivity index (χ2n) is 4.81. The fourth-order valence-electron chi connectivity index (χ4n) is 2.04. The molecule has 3 aromatic rings. The zero-order valence-corrected chi connectivity index (χ0v) is 11.9. The van der Waals surface area contributed by atoms with E-state index in [4.69, 9.17) is 4.74 Å². The summed E-state index contributed by atoms with van der Waals surface area (Å²) < 4.78 is 20.4. The maximum atomic E-state index is 13.6. The number of rotatable bonds is 4. The van der Waals surface area contributed by atoms with Crippen molar-refractivity contribution in [3.8, 4) is 17.1 Å². The largest absolute Gasteiger partial charge is 0.489 e. The second kappa shape index (κ2) is 5.85. The minimum Gasteiger partial charge on any atom is -0.489 e. The Bertz CT molecular complexity index is 854. The molecule has 0 saturated heterocycles. The Morgan fingerprint density at radius 2 is 2.05 bits per heavy atom. The number of aromatic amines is 1. The monoisotopic (exact) mass is 299 g/mol. The van der Waals surface area contributed by atoms with Gasteiger partial charge in [0.15, 0.2) is 5.82 Å². The predicted molar refractivity (Wildman–Crippen MR) is 80.0 cm³/mol. The highest BCUT2D eigenvalue weighted by atomic mass is 19.1. The Labute approximate surface area is 126 Å². The molecule has 0 fully saturated rings. The molecule has 0 saturated carbocycles.